The quantitative estimate of drug-likeness (QED) is 0.0217. The van der Waals surface area contributed by atoms with Gasteiger partial charge in [0.05, 0.1) is 27.7 Å². The number of rotatable bonds is 37. The van der Waals surface area contributed by atoms with Crippen molar-refractivity contribution in [2.45, 2.75) is 148 Å². The van der Waals surface area contributed by atoms with E-state index in [2.05, 4.69) is 92.8 Å². The number of ether oxygens (including phenoxy) is 2. The molecular formula is C46H79NO8P+. The minimum atomic E-state index is -4.40. The van der Waals surface area contributed by atoms with Gasteiger partial charge < -0.3 is 18.9 Å². The van der Waals surface area contributed by atoms with Crippen molar-refractivity contribution < 1.29 is 42.1 Å². The largest absolute Gasteiger partial charge is 0.472 e. The molecule has 56 heavy (non-hydrogen) atoms. The first-order valence-corrected chi connectivity index (χ1v) is 22.8. The summed E-state index contributed by atoms with van der Waals surface area (Å²) in [5.74, 6) is -0.915. The maximum absolute atomic E-state index is 12.7. The SMILES string of the molecule is CC/C=C/C/C=C/C/C=C/C/C=C/C/C=C/CCCC(=O)O[C@H](COC(=O)CCCC/C=C/C/C=C/CCCCCCCC)COP(=O)(O)OCC[N+](C)(C)C. The van der Waals surface area contributed by atoms with Crippen LogP contribution in [0.15, 0.2) is 85.1 Å². The summed E-state index contributed by atoms with van der Waals surface area (Å²) in [6.45, 7) is 4.17. The standard InChI is InChI=1S/C46H78NO8P/c1-6-8-10-12-14-16-18-20-22-23-25-27-29-31-33-35-37-39-46(49)55-44(43-54-56(50,51)53-41-40-47(3,4)5)42-52-45(48)38-36-34-32-30-28-26-24-21-19-17-15-13-11-9-7-2/h8,10,14,16,20-22,24-25,27-28,30-31,33,44H,6-7,9,11-13,15,17-19,23,26,29,32,34-43H2,1-5H3/p+1/b10-8+,16-14+,22-20+,24-21+,27-25+,30-28+,33-31+/t44-/m1/s1. The number of hydrogen-bond donors (Lipinski definition) is 1. The normalized spacial score (nSPS) is 14.5. The van der Waals surface area contributed by atoms with Crippen LogP contribution in [0.2, 0.25) is 0 Å². The zero-order chi connectivity index (χ0) is 41.4. The van der Waals surface area contributed by atoms with Crippen LogP contribution in [0.1, 0.15) is 142 Å². The second-order valence-corrected chi connectivity index (χ2v) is 16.4. The smallest absolute Gasteiger partial charge is 0.462 e. The Balaban J connectivity index is 4.56. The molecule has 0 rings (SSSR count). The van der Waals surface area contributed by atoms with Gasteiger partial charge in [-0.25, -0.2) is 4.57 Å². The molecular weight excluding hydrogens is 725 g/mol. The molecule has 2 atom stereocenters. The Morgan fingerprint density at radius 2 is 1.04 bits per heavy atom. The Kier molecular flexibility index (Phi) is 35.9. The molecule has 0 aromatic carbocycles. The van der Waals surface area contributed by atoms with E-state index in [4.69, 9.17) is 18.5 Å². The molecule has 0 radical (unpaired) electrons. The maximum Gasteiger partial charge on any atom is 0.472 e. The van der Waals surface area contributed by atoms with Crippen molar-refractivity contribution in [3.05, 3.63) is 85.1 Å². The van der Waals surface area contributed by atoms with Gasteiger partial charge >= 0.3 is 19.8 Å². The molecule has 0 aliphatic rings. The predicted molar refractivity (Wildman–Crippen MR) is 233 cm³/mol. The molecule has 1 N–H and O–H groups in total. The number of allylic oxidation sites excluding steroid dienone is 14. The molecule has 0 amide bonds. The molecule has 0 heterocycles. The first-order chi connectivity index (χ1) is 27.0. The number of likely N-dealkylation sites (N-methyl/N-ethyl adjacent to an activating group) is 1. The lowest BCUT2D eigenvalue weighted by Gasteiger charge is -2.24. The third-order valence-electron chi connectivity index (χ3n) is 8.41. The number of hydrogen-bond acceptors (Lipinski definition) is 7. The van der Waals surface area contributed by atoms with Crippen molar-refractivity contribution in [2.24, 2.45) is 0 Å². The van der Waals surface area contributed by atoms with E-state index in [1.54, 1.807) is 0 Å². The number of unbranched alkanes of at least 4 members (excludes halogenated alkanes) is 9. The number of phosphoric acid groups is 1. The van der Waals surface area contributed by atoms with Gasteiger partial charge in [0.25, 0.3) is 0 Å². The highest BCUT2D eigenvalue weighted by atomic mass is 31.2. The second-order valence-electron chi connectivity index (χ2n) is 15.0. The molecule has 0 aliphatic heterocycles. The van der Waals surface area contributed by atoms with E-state index >= 15 is 0 Å². The Morgan fingerprint density at radius 3 is 1.57 bits per heavy atom. The van der Waals surface area contributed by atoms with E-state index in [1.165, 1.54) is 38.5 Å². The molecule has 0 bridgehead atoms. The van der Waals surface area contributed by atoms with Gasteiger partial charge in [-0.15, -0.1) is 0 Å². The van der Waals surface area contributed by atoms with Crippen molar-refractivity contribution in [1.29, 1.82) is 0 Å². The van der Waals surface area contributed by atoms with Crippen LogP contribution in [0.4, 0.5) is 0 Å². The van der Waals surface area contributed by atoms with Gasteiger partial charge in [0, 0.05) is 12.8 Å². The summed E-state index contributed by atoms with van der Waals surface area (Å²) in [5.41, 5.74) is 0. The number of carbonyl (C=O) groups excluding carboxylic acids is 2. The number of carbonyl (C=O) groups is 2. The van der Waals surface area contributed by atoms with E-state index in [9.17, 15) is 19.0 Å². The van der Waals surface area contributed by atoms with Crippen LogP contribution in [-0.2, 0) is 32.7 Å². The lowest BCUT2D eigenvalue weighted by molar-refractivity contribution is -0.870. The first kappa shape index (κ1) is 53.2. The van der Waals surface area contributed by atoms with Crippen LogP contribution in [0.5, 0.6) is 0 Å². The molecule has 0 saturated carbocycles. The Hall–Kier alpha value is -2.81. The van der Waals surface area contributed by atoms with Crippen molar-refractivity contribution in [1.82, 2.24) is 0 Å². The van der Waals surface area contributed by atoms with E-state index < -0.39 is 32.5 Å². The summed E-state index contributed by atoms with van der Waals surface area (Å²) in [4.78, 5) is 35.3. The summed E-state index contributed by atoms with van der Waals surface area (Å²) in [5, 5.41) is 0. The fourth-order valence-electron chi connectivity index (χ4n) is 5.08. The van der Waals surface area contributed by atoms with E-state index in [1.807, 2.05) is 27.2 Å². The third-order valence-corrected chi connectivity index (χ3v) is 9.39. The number of nitrogens with zero attached hydrogens (tertiary/aromatic N) is 1. The monoisotopic (exact) mass is 805 g/mol. The van der Waals surface area contributed by atoms with Gasteiger partial charge in [0.2, 0.25) is 0 Å². The molecule has 0 spiro atoms. The number of phosphoric ester groups is 1. The maximum atomic E-state index is 12.7. The summed E-state index contributed by atoms with van der Waals surface area (Å²) in [6, 6.07) is 0. The molecule has 9 nitrogen and oxygen atoms in total. The van der Waals surface area contributed by atoms with Gasteiger partial charge in [-0.2, -0.15) is 0 Å². The Labute approximate surface area is 341 Å². The van der Waals surface area contributed by atoms with Crippen molar-refractivity contribution in [3.63, 3.8) is 0 Å². The van der Waals surface area contributed by atoms with Crippen LogP contribution in [0, 0.1) is 0 Å². The van der Waals surface area contributed by atoms with E-state index in [-0.39, 0.29) is 26.1 Å². The molecule has 320 valence electrons. The lowest BCUT2D eigenvalue weighted by atomic mass is 10.1. The molecule has 0 aliphatic carbocycles. The first-order valence-electron chi connectivity index (χ1n) is 21.3. The van der Waals surface area contributed by atoms with Crippen molar-refractivity contribution in [2.75, 3.05) is 47.5 Å². The highest BCUT2D eigenvalue weighted by Gasteiger charge is 2.27. The lowest BCUT2D eigenvalue weighted by Crippen LogP contribution is -2.37. The summed E-state index contributed by atoms with van der Waals surface area (Å²) in [7, 11) is 1.41. The third kappa shape index (κ3) is 40.8. The topological polar surface area (TPSA) is 108 Å². The fraction of sp³-hybridized carbons (Fsp3) is 0.652. The summed E-state index contributed by atoms with van der Waals surface area (Å²) >= 11 is 0. The van der Waals surface area contributed by atoms with Crippen LogP contribution in [-0.4, -0.2) is 74.9 Å². The number of esters is 2. The highest BCUT2D eigenvalue weighted by molar-refractivity contribution is 7.47. The molecule has 0 saturated heterocycles. The predicted octanol–water partition coefficient (Wildman–Crippen LogP) is 12.0. The minimum Gasteiger partial charge on any atom is -0.462 e. The van der Waals surface area contributed by atoms with Crippen molar-refractivity contribution in [3.8, 4) is 0 Å². The van der Waals surface area contributed by atoms with Gasteiger partial charge in [-0.3, -0.25) is 18.6 Å². The minimum absolute atomic E-state index is 0.0116. The molecule has 10 heteroatoms. The second kappa shape index (κ2) is 37.7. The molecule has 0 aromatic heterocycles. The van der Waals surface area contributed by atoms with Crippen molar-refractivity contribution >= 4 is 19.8 Å². The van der Waals surface area contributed by atoms with Gasteiger partial charge in [0.1, 0.15) is 19.8 Å². The van der Waals surface area contributed by atoms with E-state index in [0.717, 1.165) is 57.8 Å². The molecule has 1 unspecified atom stereocenters. The number of quaternary nitrogens is 1. The van der Waals surface area contributed by atoms with Gasteiger partial charge in [0.15, 0.2) is 6.10 Å². The van der Waals surface area contributed by atoms with Crippen LogP contribution in [0.25, 0.3) is 0 Å². The Bertz CT molecular complexity index is 1230. The van der Waals surface area contributed by atoms with Crippen LogP contribution >= 0.6 is 7.82 Å². The Morgan fingerprint density at radius 1 is 0.571 bits per heavy atom. The average molecular weight is 805 g/mol. The molecule has 0 aromatic rings. The van der Waals surface area contributed by atoms with Crippen LogP contribution < -0.4 is 0 Å². The van der Waals surface area contributed by atoms with Crippen LogP contribution in [0.3, 0.4) is 0 Å². The fourth-order valence-corrected chi connectivity index (χ4v) is 5.82. The molecule has 0 fully saturated rings. The summed E-state index contributed by atoms with van der Waals surface area (Å²) in [6.07, 6.45) is 47.9. The summed E-state index contributed by atoms with van der Waals surface area (Å²) < 4.78 is 34.2. The van der Waals surface area contributed by atoms with E-state index in [0.29, 0.717) is 30.3 Å². The van der Waals surface area contributed by atoms with Gasteiger partial charge in [-0.1, -0.05) is 131 Å². The zero-order valence-corrected chi connectivity index (χ0v) is 36.7. The average Bonchev–Trinajstić information content (AvgIpc) is 3.15. The highest BCUT2D eigenvalue weighted by Crippen LogP contribution is 2.43. The zero-order valence-electron chi connectivity index (χ0n) is 35.8. The van der Waals surface area contributed by atoms with Gasteiger partial charge in [-0.05, 0) is 83.5 Å².